The number of carbonyl (C=O) groups is 3. The maximum Gasteiger partial charge on any atom is 0.318 e. The molecule has 0 N–H and O–H groups in total. The molecule has 1 aromatic carbocycles. The van der Waals surface area contributed by atoms with Gasteiger partial charge in [-0.1, -0.05) is 44.2 Å². The molecule has 1 aliphatic heterocycles. The van der Waals surface area contributed by atoms with Gasteiger partial charge in [0.05, 0.1) is 13.7 Å². The zero-order valence-electron chi connectivity index (χ0n) is 14.9. The maximum atomic E-state index is 13.0. The van der Waals surface area contributed by atoms with Gasteiger partial charge in [-0.05, 0) is 23.8 Å². The van der Waals surface area contributed by atoms with E-state index in [1.165, 1.54) is 7.11 Å². The molecule has 1 atom stereocenters. The molecule has 0 saturated heterocycles. The molecule has 5 nitrogen and oxygen atoms in total. The number of ketones is 1. The Kier molecular flexibility index (Phi) is 4.50. The molecule has 1 amide bonds. The number of esters is 1. The Balaban J connectivity index is 2.03. The zero-order chi connectivity index (χ0) is 18.2. The summed E-state index contributed by atoms with van der Waals surface area (Å²) in [6.07, 6.45) is 1.24. The number of methoxy groups -OCH3 is 1. The number of nitrogens with zero attached hydrogens (tertiary/aromatic N) is 1. The van der Waals surface area contributed by atoms with E-state index in [9.17, 15) is 14.4 Å². The third kappa shape index (κ3) is 3.36. The number of allylic oxidation sites excluding steroid dienone is 2. The Labute approximate surface area is 147 Å². The van der Waals surface area contributed by atoms with Crippen LogP contribution >= 0.6 is 0 Å². The van der Waals surface area contributed by atoms with Crippen molar-refractivity contribution in [1.29, 1.82) is 0 Å². The van der Waals surface area contributed by atoms with Crippen molar-refractivity contribution in [2.24, 2.45) is 11.3 Å². The molecule has 1 aromatic rings. The summed E-state index contributed by atoms with van der Waals surface area (Å²) < 4.78 is 4.79. The molecule has 25 heavy (non-hydrogen) atoms. The van der Waals surface area contributed by atoms with Crippen molar-refractivity contribution in [2.75, 3.05) is 7.11 Å². The molecular formula is C20H23NO4. The molecule has 5 heteroatoms. The molecule has 132 valence electrons. The number of amides is 1. The van der Waals surface area contributed by atoms with E-state index in [-0.39, 0.29) is 23.5 Å². The van der Waals surface area contributed by atoms with Crippen LogP contribution in [-0.4, -0.2) is 29.7 Å². The molecule has 0 fully saturated rings. The largest absolute Gasteiger partial charge is 0.468 e. The van der Waals surface area contributed by atoms with Crippen LogP contribution in [0.25, 0.3) is 0 Å². The Morgan fingerprint density at radius 3 is 2.52 bits per heavy atom. The first kappa shape index (κ1) is 17.4. The predicted molar refractivity (Wildman–Crippen MR) is 92.2 cm³/mol. The summed E-state index contributed by atoms with van der Waals surface area (Å²) in [6.45, 7) is 4.42. The second-order valence-corrected chi connectivity index (χ2v) is 7.56. The summed E-state index contributed by atoms with van der Waals surface area (Å²) in [4.78, 5) is 39.3. The van der Waals surface area contributed by atoms with Crippen LogP contribution in [0.1, 0.15) is 38.7 Å². The number of carbonyl (C=O) groups excluding carboxylic acids is 3. The molecular weight excluding hydrogens is 318 g/mol. The second-order valence-electron chi connectivity index (χ2n) is 7.56. The Morgan fingerprint density at radius 1 is 1.20 bits per heavy atom. The first-order chi connectivity index (χ1) is 11.8. The fraction of sp³-hybridized carbons (Fsp3) is 0.450. The third-order valence-electron chi connectivity index (χ3n) is 4.94. The van der Waals surface area contributed by atoms with Crippen molar-refractivity contribution in [2.45, 2.75) is 39.7 Å². The summed E-state index contributed by atoms with van der Waals surface area (Å²) in [7, 11) is 1.27. The molecule has 0 spiro atoms. The van der Waals surface area contributed by atoms with E-state index >= 15 is 0 Å². The lowest BCUT2D eigenvalue weighted by Crippen LogP contribution is -2.47. The molecule has 1 heterocycles. The minimum absolute atomic E-state index is 0.0331. The molecule has 2 aliphatic rings. The van der Waals surface area contributed by atoms with Crippen LogP contribution in [0.2, 0.25) is 0 Å². The lowest BCUT2D eigenvalue weighted by Gasteiger charge is -2.41. The third-order valence-corrected chi connectivity index (χ3v) is 4.94. The quantitative estimate of drug-likeness (QED) is 0.626. The Morgan fingerprint density at radius 2 is 1.88 bits per heavy atom. The van der Waals surface area contributed by atoms with E-state index in [1.807, 2.05) is 44.2 Å². The van der Waals surface area contributed by atoms with E-state index in [0.29, 0.717) is 25.0 Å². The summed E-state index contributed by atoms with van der Waals surface area (Å²) >= 11 is 0. The van der Waals surface area contributed by atoms with E-state index in [0.717, 1.165) is 11.3 Å². The molecule has 0 bridgehead atoms. The van der Waals surface area contributed by atoms with Gasteiger partial charge in [-0.15, -0.1) is 0 Å². The van der Waals surface area contributed by atoms with Crippen molar-refractivity contribution in [3.63, 3.8) is 0 Å². The first-order valence-electron chi connectivity index (χ1n) is 8.51. The first-order valence-corrected chi connectivity index (χ1v) is 8.51. The summed E-state index contributed by atoms with van der Waals surface area (Å²) in [5.41, 5.74) is 2.16. The van der Waals surface area contributed by atoms with Gasteiger partial charge in [0.15, 0.2) is 5.78 Å². The standard InChI is InChI=1S/C20H23NO4/c1-20(2)10-16-14(17(22)11-20)9-15(19(24)25-3)18(23)21(16)12-13-7-5-4-6-8-13/h4-8,15H,9-12H2,1-3H3. The van der Waals surface area contributed by atoms with Crippen LogP contribution in [0, 0.1) is 11.3 Å². The highest BCUT2D eigenvalue weighted by atomic mass is 16.5. The van der Waals surface area contributed by atoms with Gasteiger partial charge in [0.25, 0.3) is 0 Å². The minimum Gasteiger partial charge on any atom is -0.468 e. The van der Waals surface area contributed by atoms with Crippen molar-refractivity contribution in [3.05, 3.63) is 47.2 Å². The smallest absolute Gasteiger partial charge is 0.318 e. The van der Waals surface area contributed by atoms with Crippen LogP contribution in [0.5, 0.6) is 0 Å². The summed E-state index contributed by atoms with van der Waals surface area (Å²) in [5, 5.41) is 0. The van der Waals surface area contributed by atoms with Crippen LogP contribution in [-0.2, 0) is 25.7 Å². The SMILES string of the molecule is COC(=O)C1CC2=C(CC(C)(C)CC2=O)N(Cc2ccccc2)C1=O. The van der Waals surface area contributed by atoms with E-state index < -0.39 is 11.9 Å². The number of ether oxygens (including phenoxy) is 1. The highest BCUT2D eigenvalue weighted by molar-refractivity contribution is 6.05. The molecule has 1 aliphatic carbocycles. The van der Waals surface area contributed by atoms with Crippen LogP contribution in [0.4, 0.5) is 0 Å². The summed E-state index contributed by atoms with van der Waals surface area (Å²) in [5.74, 6) is -1.75. The van der Waals surface area contributed by atoms with Gasteiger partial charge in [0, 0.05) is 17.7 Å². The highest BCUT2D eigenvalue weighted by Crippen LogP contribution is 2.43. The van der Waals surface area contributed by atoms with Gasteiger partial charge >= 0.3 is 5.97 Å². The number of hydrogen-bond donors (Lipinski definition) is 0. The normalized spacial score (nSPS) is 22.7. The van der Waals surface area contributed by atoms with Gasteiger partial charge in [0.2, 0.25) is 5.91 Å². The van der Waals surface area contributed by atoms with Gasteiger partial charge in [-0.3, -0.25) is 14.4 Å². The van der Waals surface area contributed by atoms with Crippen molar-refractivity contribution in [1.82, 2.24) is 4.90 Å². The fourth-order valence-corrected chi connectivity index (χ4v) is 3.69. The Hall–Kier alpha value is -2.43. The van der Waals surface area contributed by atoms with E-state index in [1.54, 1.807) is 4.90 Å². The molecule has 0 aromatic heterocycles. The van der Waals surface area contributed by atoms with Gasteiger partial charge in [-0.2, -0.15) is 0 Å². The van der Waals surface area contributed by atoms with Crippen LogP contribution < -0.4 is 0 Å². The van der Waals surface area contributed by atoms with Gasteiger partial charge in [0.1, 0.15) is 5.92 Å². The topological polar surface area (TPSA) is 63.7 Å². The van der Waals surface area contributed by atoms with Crippen LogP contribution in [0.15, 0.2) is 41.6 Å². The predicted octanol–water partition coefficient (Wildman–Crippen LogP) is 2.85. The average molecular weight is 341 g/mol. The van der Waals surface area contributed by atoms with Crippen LogP contribution in [0.3, 0.4) is 0 Å². The molecule has 0 saturated carbocycles. The van der Waals surface area contributed by atoms with Crippen molar-refractivity contribution < 1.29 is 19.1 Å². The molecule has 3 rings (SSSR count). The lowest BCUT2D eigenvalue weighted by molar-refractivity contribution is -0.154. The number of Topliss-reactive ketones (excluding diaryl/α,β-unsaturated/α-hetero) is 1. The zero-order valence-corrected chi connectivity index (χ0v) is 14.9. The summed E-state index contributed by atoms with van der Waals surface area (Å²) in [6, 6.07) is 9.60. The average Bonchev–Trinajstić information content (AvgIpc) is 2.57. The molecule has 0 radical (unpaired) electrons. The van der Waals surface area contributed by atoms with Gasteiger partial charge in [-0.25, -0.2) is 0 Å². The Bertz CT molecular complexity index is 748. The minimum atomic E-state index is -0.933. The maximum absolute atomic E-state index is 13.0. The van der Waals surface area contributed by atoms with E-state index in [4.69, 9.17) is 4.74 Å². The monoisotopic (exact) mass is 341 g/mol. The van der Waals surface area contributed by atoms with Crippen molar-refractivity contribution in [3.8, 4) is 0 Å². The lowest BCUT2D eigenvalue weighted by atomic mass is 9.72. The highest BCUT2D eigenvalue weighted by Gasteiger charge is 2.45. The van der Waals surface area contributed by atoms with E-state index in [2.05, 4.69) is 0 Å². The number of hydrogen-bond acceptors (Lipinski definition) is 4. The number of rotatable bonds is 3. The second kappa shape index (κ2) is 6.47. The fourth-order valence-electron chi connectivity index (χ4n) is 3.69. The van der Waals surface area contributed by atoms with Crippen molar-refractivity contribution >= 4 is 17.7 Å². The molecule has 1 unspecified atom stereocenters. The number of benzene rings is 1. The van der Waals surface area contributed by atoms with Gasteiger partial charge < -0.3 is 9.64 Å².